The zero-order chi connectivity index (χ0) is 48.8. The van der Waals surface area contributed by atoms with Crippen LogP contribution in [0, 0.1) is 0 Å². The van der Waals surface area contributed by atoms with Gasteiger partial charge in [0.1, 0.15) is 101 Å². The molecule has 0 amide bonds. The molecule has 24 heteroatoms. The third kappa shape index (κ3) is 10.1. The lowest BCUT2D eigenvalue weighted by Gasteiger charge is -2.45. The van der Waals surface area contributed by atoms with Crippen LogP contribution < -0.4 is 14.9 Å². The third-order valence-corrected chi connectivity index (χ3v) is 12.0. The molecule has 0 spiro atoms. The topological polar surface area (TPSA) is 387 Å². The monoisotopic (exact) mass is 956 g/mol. The molecule has 2 aromatic carbocycles. The summed E-state index contributed by atoms with van der Waals surface area (Å²) in [5, 5.41) is 148. The molecule has 5 heterocycles. The van der Waals surface area contributed by atoms with E-state index in [2.05, 4.69) is 0 Å². The van der Waals surface area contributed by atoms with Gasteiger partial charge in [0.25, 0.3) is 0 Å². The van der Waals surface area contributed by atoms with Crippen molar-refractivity contribution in [3.63, 3.8) is 0 Å². The van der Waals surface area contributed by atoms with Gasteiger partial charge in [-0.05, 0) is 51.5 Å². The number of ether oxygens (including phenoxy) is 8. The molecule has 0 radical (unpaired) electrons. The minimum absolute atomic E-state index is 0.0282. The Bertz CT molecular complexity index is 2250. The van der Waals surface area contributed by atoms with Crippen LogP contribution in [0.3, 0.4) is 0 Å². The molecule has 0 saturated carbocycles. The first kappa shape index (κ1) is 50.7. The Morgan fingerprint density at radius 2 is 1.25 bits per heavy atom. The van der Waals surface area contributed by atoms with E-state index in [-0.39, 0.29) is 40.4 Å². The van der Waals surface area contributed by atoms with Crippen molar-refractivity contribution in [3.8, 4) is 34.3 Å². The molecule has 24 nitrogen and oxygen atoms in total. The van der Waals surface area contributed by atoms with Gasteiger partial charge < -0.3 is 114 Å². The summed E-state index contributed by atoms with van der Waals surface area (Å²) in [4.78, 5) is 14.9. The van der Waals surface area contributed by atoms with E-state index in [1.54, 1.807) is 19.9 Å². The fourth-order valence-electron chi connectivity index (χ4n) is 8.04. The highest BCUT2D eigenvalue weighted by molar-refractivity contribution is 5.91. The van der Waals surface area contributed by atoms with Gasteiger partial charge in [-0.15, -0.1) is 0 Å². The van der Waals surface area contributed by atoms with Crippen molar-refractivity contribution in [2.24, 2.45) is 0 Å². The summed E-state index contributed by atoms with van der Waals surface area (Å²) in [6.07, 6.45) is -31.6. The molecule has 0 bridgehead atoms. The van der Waals surface area contributed by atoms with Gasteiger partial charge in [0.05, 0.1) is 25.9 Å². The first-order valence-electron chi connectivity index (χ1n) is 21.3. The first-order valence-corrected chi connectivity index (χ1v) is 21.3. The highest BCUT2D eigenvalue weighted by Gasteiger charge is 2.53. The van der Waals surface area contributed by atoms with Gasteiger partial charge in [-0.2, -0.15) is 0 Å². The predicted octanol–water partition coefficient (Wildman–Crippen LogP) is -3.95. The van der Waals surface area contributed by atoms with Crippen LogP contribution >= 0.6 is 0 Å². The maximum Gasteiger partial charge on any atom is 0.239 e. The Labute approximate surface area is 380 Å². The van der Waals surface area contributed by atoms with Crippen molar-refractivity contribution in [2.45, 2.75) is 144 Å². The molecular formula is C43H56O24. The lowest BCUT2D eigenvalue weighted by atomic mass is 9.97. The van der Waals surface area contributed by atoms with Gasteiger partial charge >= 0.3 is 0 Å². The lowest BCUT2D eigenvalue weighted by Crippen LogP contribution is -2.65. The van der Waals surface area contributed by atoms with E-state index >= 15 is 0 Å². The van der Waals surface area contributed by atoms with Crippen LogP contribution in [-0.2, 0) is 34.8 Å². The van der Waals surface area contributed by atoms with Crippen LogP contribution in [-0.4, -0.2) is 208 Å². The van der Waals surface area contributed by atoms with Crippen LogP contribution in [0.25, 0.3) is 22.3 Å². The van der Waals surface area contributed by atoms with E-state index < -0.39 is 159 Å². The average molecular weight is 957 g/mol. The number of benzene rings is 2. The third-order valence-electron chi connectivity index (χ3n) is 12.0. The van der Waals surface area contributed by atoms with E-state index in [9.17, 15) is 76.3 Å². The Morgan fingerprint density at radius 1 is 0.687 bits per heavy atom. The van der Waals surface area contributed by atoms with Gasteiger partial charge in [-0.25, -0.2) is 0 Å². The molecular weight excluding hydrogens is 900 g/mol. The molecule has 4 fully saturated rings. The van der Waals surface area contributed by atoms with E-state index in [0.29, 0.717) is 0 Å². The summed E-state index contributed by atoms with van der Waals surface area (Å²) in [6.45, 7) is 2.68. The molecule has 7 rings (SSSR count). The number of aliphatic hydroxyl groups excluding tert-OH is 12. The number of hydrogen-bond donors (Lipinski definition) is 14. The van der Waals surface area contributed by atoms with Crippen molar-refractivity contribution in [2.75, 3.05) is 19.8 Å². The number of phenols is 2. The Kier molecular flexibility index (Phi) is 15.8. The molecule has 372 valence electrons. The number of aliphatic hydroxyl groups is 12. The molecule has 19 unspecified atom stereocenters. The van der Waals surface area contributed by atoms with E-state index in [4.69, 9.17) is 42.3 Å². The number of aromatic hydroxyl groups is 2. The molecule has 19 atom stereocenters. The zero-order valence-electron chi connectivity index (χ0n) is 36.1. The molecule has 4 aliphatic heterocycles. The summed E-state index contributed by atoms with van der Waals surface area (Å²) in [5.74, 6) is -2.33. The van der Waals surface area contributed by atoms with Gasteiger partial charge in [-0.3, -0.25) is 4.79 Å². The summed E-state index contributed by atoms with van der Waals surface area (Å²) >= 11 is 0. The number of fused-ring (bicyclic) bond motifs is 1. The van der Waals surface area contributed by atoms with Crippen LogP contribution in [0.2, 0.25) is 0 Å². The molecule has 0 aliphatic carbocycles. The maximum absolute atomic E-state index is 14.9. The second-order valence-corrected chi connectivity index (χ2v) is 17.0. The number of allylic oxidation sites excluding steroid dienone is 2. The molecule has 67 heavy (non-hydrogen) atoms. The quantitative estimate of drug-likeness (QED) is 0.0727. The minimum atomic E-state index is -1.98. The van der Waals surface area contributed by atoms with Crippen LogP contribution in [0.1, 0.15) is 26.3 Å². The molecule has 3 aromatic rings. The van der Waals surface area contributed by atoms with Crippen molar-refractivity contribution < 1.29 is 114 Å². The summed E-state index contributed by atoms with van der Waals surface area (Å²) in [5.41, 5.74) is -0.536. The molecule has 4 saturated heterocycles. The van der Waals surface area contributed by atoms with Gasteiger partial charge in [0.2, 0.25) is 23.8 Å². The first-order chi connectivity index (χ1) is 31.7. The van der Waals surface area contributed by atoms with Crippen molar-refractivity contribution in [1.82, 2.24) is 0 Å². The smallest absolute Gasteiger partial charge is 0.239 e. The minimum Gasteiger partial charge on any atom is -0.508 e. The van der Waals surface area contributed by atoms with Gasteiger partial charge in [0.15, 0.2) is 30.5 Å². The van der Waals surface area contributed by atoms with Crippen molar-refractivity contribution in [1.29, 1.82) is 0 Å². The van der Waals surface area contributed by atoms with Crippen LogP contribution in [0.4, 0.5) is 0 Å². The van der Waals surface area contributed by atoms with E-state index in [1.165, 1.54) is 31.2 Å². The SMILES string of the molecule is CC(C)=CCc1c(OC2OC(CO)C(O)C(O)C2OC2OC(CO)C(O)C(O)C2O)cc(O)c2c(=O)c(OC3OC(C)C(O)C(O)C3OC3OCC(O)C(O)C3O)c(-c3ccc(O)cc3)oc12. The van der Waals surface area contributed by atoms with Gasteiger partial charge in [0, 0.05) is 17.2 Å². The predicted molar refractivity (Wildman–Crippen MR) is 221 cm³/mol. The van der Waals surface area contributed by atoms with Gasteiger partial charge in [-0.1, -0.05) is 11.6 Å². The van der Waals surface area contributed by atoms with Crippen LogP contribution in [0.5, 0.6) is 23.0 Å². The Morgan fingerprint density at radius 3 is 1.88 bits per heavy atom. The summed E-state index contributed by atoms with van der Waals surface area (Å²) in [7, 11) is 0. The number of hydrogen-bond acceptors (Lipinski definition) is 24. The fourth-order valence-corrected chi connectivity index (χ4v) is 8.04. The second kappa shape index (κ2) is 20.8. The normalized spacial score (nSPS) is 38.1. The Balaban J connectivity index is 1.34. The molecule has 14 N–H and O–H groups in total. The van der Waals surface area contributed by atoms with E-state index in [1.807, 2.05) is 0 Å². The highest BCUT2D eigenvalue weighted by atomic mass is 16.8. The van der Waals surface area contributed by atoms with E-state index in [0.717, 1.165) is 11.6 Å². The number of rotatable bonds is 13. The summed E-state index contributed by atoms with van der Waals surface area (Å²) in [6, 6.07) is 6.17. The summed E-state index contributed by atoms with van der Waals surface area (Å²) < 4.78 is 53.0. The van der Waals surface area contributed by atoms with Crippen molar-refractivity contribution >= 4 is 11.0 Å². The average Bonchev–Trinajstić information content (AvgIpc) is 3.29. The molecule has 1 aromatic heterocycles. The zero-order valence-corrected chi connectivity index (χ0v) is 36.1. The largest absolute Gasteiger partial charge is 0.508 e. The standard InChI is InChI=1S/C43H56O24/c1-14(2)4-9-18-21(61-43-39(32(56)28(52)23(12-45)63-43)67-41-34(58)30(54)27(51)22(11-44)62-41)10-19(47)24-29(53)37(35(64-36(18)24)16-5-7-17(46)8-6-16)65-42-38(31(55)25(49)15(3)60-42)66-40-33(57)26(50)20(48)13-59-40/h4-8,10,15,20,22-23,25-28,30-34,38-52,54-58H,9,11-13H2,1-3H3. The Hall–Kier alpha value is -4.13. The highest BCUT2D eigenvalue weighted by Crippen LogP contribution is 2.42. The lowest BCUT2D eigenvalue weighted by molar-refractivity contribution is -0.357. The maximum atomic E-state index is 14.9. The number of phenolic OH excluding ortho intramolecular Hbond substituents is 2. The second-order valence-electron chi connectivity index (χ2n) is 17.0. The fraction of sp³-hybridized carbons (Fsp3) is 0.605. The van der Waals surface area contributed by atoms with Crippen LogP contribution in [0.15, 0.2) is 51.2 Å². The molecule has 4 aliphatic rings. The van der Waals surface area contributed by atoms with Crippen molar-refractivity contribution in [3.05, 3.63) is 57.8 Å².